The minimum absolute atomic E-state index is 0.102. The summed E-state index contributed by atoms with van der Waals surface area (Å²) in [7, 11) is 3.89. The van der Waals surface area contributed by atoms with Crippen molar-refractivity contribution in [2.45, 2.75) is 57.2 Å². The number of nitrogens with two attached hydrogens (primary N) is 1. The van der Waals surface area contributed by atoms with Gasteiger partial charge in [-0.15, -0.1) is 0 Å². The molecule has 0 radical (unpaired) electrons. The lowest BCUT2D eigenvalue weighted by Gasteiger charge is -2.31. The molecule has 1 aliphatic carbocycles. The number of anilines is 1. The number of fused-ring (bicyclic) bond motifs is 1. The molecule has 3 N–H and O–H groups in total. The molecule has 0 aliphatic heterocycles. The quantitative estimate of drug-likeness (QED) is 0.348. The van der Waals surface area contributed by atoms with Gasteiger partial charge in [0.2, 0.25) is 5.91 Å². The zero-order chi connectivity index (χ0) is 26.6. The lowest BCUT2D eigenvalue weighted by molar-refractivity contribution is -0.126. The summed E-state index contributed by atoms with van der Waals surface area (Å²) < 4.78 is 7.95. The van der Waals surface area contributed by atoms with Crippen LogP contribution < -0.4 is 15.8 Å². The maximum atomic E-state index is 12.7. The number of carbonyl (C=O) groups is 1. The second-order valence-electron chi connectivity index (χ2n) is 10.1. The van der Waals surface area contributed by atoms with E-state index in [4.69, 9.17) is 15.6 Å². The third-order valence-electron chi connectivity index (χ3n) is 7.33. The highest BCUT2D eigenvalue weighted by Gasteiger charge is 2.29. The van der Waals surface area contributed by atoms with E-state index in [1.807, 2.05) is 85.2 Å². The van der Waals surface area contributed by atoms with Crippen LogP contribution in [0.4, 0.5) is 5.82 Å². The Morgan fingerprint density at radius 2 is 1.74 bits per heavy atom. The summed E-state index contributed by atoms with van der Waals surface area (Å²) in [5.41, 5.74) is 8.75. The molecular weight excluding hydrogens is 478 g/mol. The number of para-hydroxylation sites is 1. The predicted octanol–water partition coefficient (Wildman–Crippen LogP) is 4.81. The number of ether oxygens (including phenoxy) is 1. The molecule has 0 saturated heterocycles. The lowest BCUT2D eigenvalue weighted by Crippen LogP contribution is -2.48. The van der Waals surface area contributed by atoms with Gasteiger partial charge >= 0.3 is 0 Å². The standard InChI is InChI=1S/C29H35N7O2/c1-4-24(35(2)3)29(37)33-20-12-14-21(15-13-20)36-28-25(27(30)31-18-32-28)26(34-36)19-10-16-23(17-11-19)38-22-8-6-5-7-9-22/h5-11,16-18,20-21,24H,4,12-15H2,1-3H3,(H,33,37)(H2,30,31,32)/t20?,21?,24-/m1/s1. The second kappa shape index (κ2) is 11.2. The maximum Gasteiger partial charge on any atom is 0.237 e. The zero-order valence-electron chi connectivity index (χ0n) is 22.2. The Morgan fingerprint density at radius 1 is 1.05 bits per heavy atom. The molecule has 1 saturated carbocycles. The first kappa shape index (κ1) is 25.7. The SMILES string of the molecule is CC[C@H](C(=O)NC1CCC(n2nc(-c3ccc(Oc4ccccc4)cc3)c3c(N)ncnc32)CC1)N(C)C. The van der Waals surface area contributed by atoms with E-state index in [0.717, 1.165) is 65.9 Å². The average Bonchev–Trinajstić information content (AvgIpc) is 3.31. The molecule has 0 bridgehead atoms. The van der Waals surface area contributed by atoms with Crippen molar-refractivity contribution < 1.29 is 9.53 Å². The van der Waals surface area contributed by atoms with E-state index in [0.29, 0.717) is 5.82 Å². The van der Waals surface area contributed by atoms with Gasteiger partial charge in [0.25, 0.3) is 0 Å². The topological polar surface area (TPSA) is 111 Å². The predicted molar refractivity (Wildman–Crippen MR) is 149 cm³/mol. The Hall–Kier alpha value is -3.98. The molecule has 1 aliphatic rings. The average molecular weight is 514 g/mol. The van der Waals surface area contributed by atoms with Crippen molar-refractivity contribution in [1.29, 1.82) is 0 Å². The van der Waals surface area contributed by atoms with E-state index in [9.17, 15) is 4.79 Å². The van der Waals surface area contributed by atoms with Crippen LogP contribution in [-0.2, 0) is 4.79 Å². The summed E-state index contributed by atoms with van der Waals surface area (Å²) in [6, 6.07) is 17.8. The fraction of sp³-hybridized carbons (Fsp3) is 0.379. The first-order valence-electron chi connectivity index (χ1n) is 13.2. The molecule has 2 aromatic carbocycles. The van der Waals surface area contributed by atoms with Gasteiger partial charge in [0.05, 0.1) is 17.5 Å². The number of aromatic nitrogens is 4. The van der Waals surface area contributed by atoms with Crippen molar-refractivity contribution in [1.82, 2.24) is 30.0 Å². The van der Waals surface area contributed by atoms with Crippen LogP contribution in [0.2, 0.25) is 0 Å². The van der Waals surface area contributed by atoms with Crippen molar-refractivity contribution >= 4 is 22.8 Å². The van der Waals surface area contributed by atoms with Crippen molar-refractivity contribution in [3.05, 3.63) is 60.9 Å². The zero-order valence-corrected chi connectivity index (χ0v) is 22.2. The molecule has 9 nitrogen and oxygen atoms in total. The van der Waals surface area contributed by atoms with Gasteiger partial charge in [0.15, 0.2) is 5.65 Å². The fourth-order valence-electron chi connectivity index (χ4n) is 5.30. The normalized spacial score (nSPS) is 18.4. The Balaban J connectivity index is 1.34. The number of carbonyl (C=O) groups excluding carboxylic acids is 1. The van der Waals surface area contributed by atoms with E-state index in [2.05, 4.69) is 15.3 Å². The lowest BCUT2D eigenvalue weighted by atomic mass is 9.91. The van der Waals surface area contributed by atoms with E-state index in [1.54, 1.807) is 0 Å². The number of rotatable bonds is 8. The van der Waals surface area contributed by atoms with Gasteiger partial charge in [-0.2, -0.15) is 5.10 Å². The Bertz CT molecular complexity index is 1380. The maximum absolute atomic E-state index is 12.7. The number of benzene rings is 2. The van der Waals surface area contributed by atoms with Gasteiger partial charge in [-0.3, -0.25) is 9.69 Å². The number of amides is 1. The van der Waals surface area contributed by atoms with Crippen molar-refractivity contribution in [3.63, 3.8) is 0 Å². The van der Waals surface area contributed by atoms with Gasteiger partial charge in [-0.05, 0) is 82.6 Å². The number of likely N-dealkylation sites (N-methyl/N-ethyl adjacent to an activating group) is 1. The minimum Gasteiger partial charge on any atom is -0.457 e. The molecule has 2 aromatic heterocycles. The van der Waals surface area contributed by atoms with Crippen LogP contribution in [0.25, 0.3) is 22.3 Å². The van der Waals surface area contributed by atoms with Gasteiger partial charge in [0.1, 0.15) is 29.3 Å². The van der Waals surface area contributed by atoms with Gasteiger partial charge < -0.3 is 15.8 Å². The van der Waals surface area contributed by atoms with E-state index < -0.39 is 0 Å². The van der Waals surface area contributed by atoms with Crippen LogP contribution in [-0.4, -0.2) is 56.7 Å². The highest BCUT2D eigenvalue weighted by molar-refractivity contribution is 5.98. The van der Waals surface area contributed by atoms with E-state index in [-0.39, 0.29) is 24.0 Å². The van der Waals surface area contributed by atoms with Crippen LogP contribution >= 0.6 is 0 Å². The second-order valence-corrected chi connectivity index (χ2v) is 10.1. The number of hydrogen-bond acceptors (Lipinski definition) is 7. The van der Waals surface area contributed by atoms with Crippen LogP contribution in [0.5, 0.6) is 11.5 Å². The molecule has 4 aromatic rings. The smallest absolute Gasteiger partial charge is 0.237 e. The number of nitrogen functional groups attached to an aromatic ring is 1. The van der Waals surface area contributed by atoms with Crippen LogP contribution in [0.15, 0.2) is 60.9 Å². The molecule has 9 heteroatoms. The molecule has 2 heterocycles. The van der Waals surface area contributed by atoms with Gasteiger partial charge in [-0.1, -0.05) is 25.1 Å². The van der Waals surface area contributed by atoms with Crippen LogP contribution in [0, 0.1) is 0 Å². The highest BCUT2D eigenvalue weighted by Crippen LogP contribution is 2.36. The monoisotopic (exact) mass is 513 g/mol. The summed E-state index contributed by atoms with van der Waals surface area (Å²) in [5, 5.41) is 9.02. The summed E-state index contributed by atoms with van der Waals surface area (Å²) in [5.74, 6) is 2.04. The Kier molecular flexibility index (Phi) is 7.55. The van der Waals surface area contributed by atoms with E-state index in [1.165, 1.54) is 6.33 Å². The molecule has 0 unspecified atom stereocenters. The fourth-order valence-corrected chi connectivity index (χ4v) is 5.30. The number of nitrogens with one attached hydrogen (secondary N) is 1. The van der Waals surface area contributed by atoms with Crippen LogP contribution in [0.1, 0.15) is 45.1 Å². The van der Waals surface area contributed by atoms with E-state index >= 15 is 0 Å². The molecule has 38 heavy (non-hydrogen) atoms. The summed E-state index contributed by atoms with van der Waals surface area (Å²) in [4.78, 5) is 23.5. The van der Waals surface area contributed by atoms with Crippen molar-refractivity contribution in [2.75, 3.05) is 19.8 Å². The van der Waals surface area contributed by atoms with Crippen molar-refractivity contribution in [2.24, 2.45) is 0 Å². The summed E-state index contributed by atoms with van der Waals surface area (Å²) in [6.07, 6.45) is 5.86. The van der Waals surface area contributed by atoms with Crippen molar-refractivity contribution in [3.8, 4) is 22.8 Å². The largest absolute Gasteiger partial charge is 0.457 e. The third kappa shape index (κ3) is 5.33. The molecule has 1 amide bonds. The molecule has 1 atom stereocenters. The van der Waals surface area contributed by atoms with Gasteiger partial charge in [-0.25, -0.2) is 14.6 Å². The number of hydrogen-bond donors (Lipinski definition) is 2. The molecule has 0 spiro atoms. The highest BCUT2D eigenvalue weighted by atomic mass is 16.5. The molecule has 1 fully saturated rings. The molecular formula is C29H35N7O2. The minimum atomic E-state index is -0.102. The molecule has 198 valence electrons. The molecule has 5 rings (SSSR count). The first-order valence-corrected chi connectivity index (χ1v) is 13.2. The Morgan fingerprint density at radius 3 is 2.39 bits per heavy atom. The van der Waals surface area contributed by atoms with Gasteiger partial charge in [0, 0.05) is 11.6 Å². The summed E-state index contributed by atoms with van der Waals surface area (Å²) >= 11 is 0. The first-order chi connectivity index (χ1) is 18.4. The number of nitrogens with zero attached hydrogens (tertiary/aromatic N) is 5. The van der Waals surface area contributed by atoms with Crippen LogP contribution in [0.3, 0.4) is 0 Å². The Labute approximate surface area is 223 Å². The third-order valence-corrected chi connectivity index (χ3v) is 7.33. The summed E-state index contributed by atoms with van der Waals surface area (Å²) in [6.45, 7) is 2.04.